The topological polar surface area (TPSA) is 87.3 Å². The molecule has 1 aliphatic rings. The second kappa shape index (κ2) is 4.93. The Balaban J connectivity index is 2.25. The Morgan fingerprint density at radius 3 is 2.79 bits per heavy atom. The molecule has 19 heavy (non-hydrogen) atoms. The first-order valence-electron chi connectivity index (χ1n) is 5.37. The summed E-state index contributed by atoms with van der Waals surface area (Å²) in [6.07, 6.45) is 1.16. The molecule has 1 aromatic heterocycles. The standard InChI is InChI=1S/C10H10ClFN2O4S/c11-7-2-8(10(16)13-3-7)14-4-6(1-9(14)15)5-19(12,17)18/h2-3,6H,1,4-5H2,(H,13,16). The van der Waals surface area contributed by atoms with E-state index in [2.05, 4.69) is 4.98 Å². The van der Waals surface area contributed by atoms with Crippen LogP contribution in [0.1, 0.15) is 6.42 Å². The molecule has 1 atom stereocenters. The molecule has 1 fully saturated rings. The van der Waals surface area contributed by atoms with Crippen LogP contribution >= 0.6 is 11.6 Å². The quantitative estimate of drug-likeness (QED) is 0.832. The second-order valence-electron chi connectivity index (χ2n) is 4.31. The molecule has 1 amide bonds. The Kier molecular flexibility index (Phi) is 3.64. The van der Waals surface area contributed by atoms with Crippen molar-refractivity contribution in [3.8, 4) is 0 Å². The largest absolute Gasteiger partial charge is 0.326 e. The van der Waals surface area contributed by atoms with Gasteiger partial charge in [0.15, 0.2) is 0 Å². The number of aromatic amines is 1. The van der Waals surface area contributed by atoms with Crippen LogP contribution in [0.25, 0.3) is 0 Å². The van der Waals surface area contributed by atoms with Crippen LogP contribution in [0.4, 0.5) is 9.57 Å². The number of anilines is 1. The molecule has 0 bridgehead atoms. The van der Waals surface area contributed by atoms with Crippen molar-refractivity contribution >= 4 is 33.4 Å². The smallest absolute Gasteiger partial charge is 0.302 e. The Morgan fingerprint density at radius 2 is 2.16 bits per heavy atom. The van der Waals surface area contributed by atoms with E-state index < -0.39 is 33.4 Å². The van der Waals surface area contributed by atoms with Crippen molar-refractivity contribution in [2.75, 3.05) is 17.2 Å². The van der Waals surface area contributed by atoms with Crippen molar-refractivity contribution in [2.45, 2.75) is 6.42 Å². The third-order valence-corrected chi connectivity index (χ3v) is 3.87. The average Bonchev–Trinajstić information content (AvgIpc) is 2.60. The van der Waals surface area contributed by atoms with E-state index in [1.54, 1.807) is 0 Å². The van der Waals surface area contributed by atoms with Gasteiger partial charge in [-0.05, 0) is 6.07 Å². The van der Waals surface area contributed by atoms with Gasteiger partial charge in [0.2, 0.25) is 5.91 Å². The van der Waals surface area contributed by atoms with Gasteiger partial charge in [-0.25, -0.2) is 0 Å². The fourth-order valence-corrected chi connectivity index (χ4v) is 3.00. The predicted octanol–water partition coefficient (Wildman–Crippen LogP) is 0.681. The first-order valence-corrected chi connectivity index (χ1v) is 7.30. The monoisotopic (exact) mass is 308 g/mol. The first-order chi connectivity index (χ1) is 8.76. The van der Waals surface area contributed by atoms with E-state index in [1.165, 1.54) is 12.3 Å². The molecule has 0 radical (unpaired) electrons. The summed E-state index contributed by atoms with van der Waals surface area (Å²) in [5, 5.41) is 0.240. The third-order valence-electron chi connectivity index (χ3n) is 2.78. The maximum atomic E-state index is 12.6. The van der Waals surface area contributed by atoms with Gasteiger partial charge in [-0.1, -0.05) is 11.6 Å². The number of aromatic nitrogens is 1. The molecule has 2 rings (SSSR count). The van der Waals surface area contributed by atoms with Crippen LogP contribution in [-0.2, 0) is 15.0 Å². The number of hydrogen-bond donors (Lipinski definition) is 1. The molecule has 1 saturated heterocycles. The van der Waals surface area contributed by atoms with Crippen LogP contribution in [0.5, 0.6) is 0 Å². The lowest BCUT2D eigenvalue weighted by Gasteiger charge is -2.15. The second-order valence-corrected chi connectivity index (χ2v) is 6.16. The van der Waals surface area contributed by atoms with Gasteiger partial charge in [0.25, 0.3) is 5.56 Å². The highest BCUT2D eigenvalue weighted by molar-refractivity contribution is 7.86. The van der Waals surface area contributed by atoms with E-state index in [0.29, 0.717) is 0 Å². The van der Waals surface area contributed by atoms with Crippen molar-refractivity contribution in [3.63, 3.8) is 0 Å². The molecule has 1 N–H and O–H groups in total. The van der Waals surface area contributed by atoms with E-state index in [0.717, 1.165) is 4.90 Å². The van der Waals surface area contributed by atoms with Gasteiger partial charge < -0.3 is 9.88 Å². The average molecular weight is 309 g/mol. The van der Waals surface area contributed by atoms with Crippen LogP contribution in [0, 0.1) is 5.92 Å². The number of carbonyl (C=O) groups is 1. The normalized spacial score (nSPS) is 20.0. The number of halogens is 2. The number of rotatable bonds is 3. The molecule has 6 nitrogen and oxygen atoms in total. The zero-order valence-electron chi connectivity index (χ0n) is 9.60. The van der Waals surface area contributed by atoms with Crippen molar-refractivity contribution in [3.05, 3.63) is 27.6 Å². The first kappa shape index (κ1) is 14.0. The Morgan fingerprint density at radius 1 is 1.47 bits per heavy atom. The van der Waals surface area contributed by atoms with Crippen molar-refractivity contribution in [1.29, 1.82) is 0 Å². The minimum atomic E-state index is -4.65. The van der Waals surface area contributed by atoms with Gasteiger partial charge in [-0.15, -0.1) is 3.89 Å². The number of carbonyl (C=O) groups excluding carboxylic acids is 1. The number of pyridine rings is 1. The number of H-pyrrole nitrogens is 1. The fourth-order valence-electron chi connectivity index (χ4n) is 2.05. The molecule has 1 unspecified atom stereocenters. The van der Waals surface area contributed by atoms with Crippen molar-refractivity contribution in [1.82, 2.24) is 4.98 Å². The highest BCUT2D eigenvalue weighted by atomic mass is 35.5. The molecule has 1 aliphatic heterocycles. The molecule has 0 aromatic carbocycles. The Bertz CT molecular complexity index is 672. The maximum absolute atomic E-state index is 12.6. The fraction of sp³-hybridized carbons (Fsp3) is 0.400. The molecule has 0 aliphatic carbocycles. The highest BCUT2D eigenvalue weighted by Crippen LogP contribution is 2.25. The van der Waals surface area contributed by atoms with E-state index in [4.69, 9.17) is 11.6 Å². The summed E-state index contributed by atoms with van der Waals surface area (Å²) in [6, 6.07) is 1.31. The van der Waals surface area contributed by atoms with Crippen molar-refractivity contribution < 1.29 is 17.1 Å². The number of nitrogens with zero attached hydrogens (tertiary/aromatic N) is 1. The molecule has 0 saturated carbocycles. The summed E-state index contributed by atoms with van der Waals surface area (Å²) in [6.45, 7) is -0.0224. The van der Waals surface area contributed by atoms with Crippen LogP contribution in [0.2, 0.25) is 5.02 Å². The summed E-state index contributed by atoms with van der Waals surface area (Å²) in [4.78, 5) is 26.8. The van der Waals surface area contributed by atoms with Gasteiger partial charge in [-0.3, -0.25) is 9.59 Å². The van der Waals surface area contributed by atoms with Gasteiger partial charge in [-0.2, -0.15) is 8.42 Å². The molecule has 0 spiro atoms. The highest BCUT2D eigenvalue weighted by Gasteiger charge is 2.34. The summed E-state index contributed by atoms with van der Waals surface area (Å²) in [5.41, 5.74) is -0.474. The third kappa shape index (κ3) is 3.32. The van der Waals surface area contributed by atoms with E-state index in [1.807, 2.05) is 0 Å². The van der Waals surface area contributed by atoms with Crippen molar-refractivity contribution in [2.24, 2.45) is 5.92 Å². The lowest BCUT2D eigenvalue weighted by Crippen LogP contribution is -2.30. The van der Waals surface area contributed by atoms with Crippen LogP contribution < -0.4 is 10.5 Å². The zero-order valence-corrected chi connectivity index (χ0v) is 11.2. The van der Waals surface area contributed by atoms with Crippen LogP contribution in [0.3, 0.4) is 0 Å². The molecule has 2 heterocycles. The van der Waals surface area contributed by atoms with E-state index in [-0.39, 0.29) is 23.7 Å². The Labute approximate surface area is 113 Å². The molecule has 104 valence electrons. The predicted molar refractivity (Wildman–Crippen MR) is 67.4 cm³/mol. The lowest BCUT2D eigenvalue weighted by molar-refractivity contribution is -0.117. The van der Waals surface area contributed by atoms with Gasteiger partial charge in [0.05, 0.1) is 10.8 Å². The minimum Gasteiger partial charge on any atom is -0.326 e. The number of amides is 1. The van der Waals surface area contributed by atoms with E-state index >= 15 is 0 Å². The lowest BCUT2D eigenvalue weighted by atomic mass is 10.1. The van der Waals surface area contributed by atoms with Gasteiger partial charge >= 0.3 is 10.2 Å². The summed E-state index contributed by atoms with van der Waals surface area (Å²) >= 11 is 5.72. The molecular formula is C10H10ClFN2O4S. The molecular weight excluding hydrogens is 299 g/mol. The van der Waals surface area contributed by atoms with Gasteiger partial charge in [0, 0.05) is 25.1 Å². The minimum absolute atomic E-state index is 0.0224. The summed E-state index contributed by atoms with van der Waals surface area (Å²) in [7, 11) is -4.65. The number of nitrogens with one attached hydrogen (secondary N) is 1. The number of hydrogen-bond acceptors (Lipinski definition) is 4. The van der Waals surface area contributed by atoms with Crippen LogP contribution in [-0.4, -0.2) is 31.6 Å². The Hall–Kier alpha value is -1.41. The summed E-state index contributed by atoms with van der Waals surface area (Å²) < 4.78 is 33.7. The van der Waals surface area contributed by atoms with Crippen LogP contribution in [0.15, 0.2) is 17.1 Å². The van der Waals surface area contributed by atoms with Gasteiger partial charge in [0.1, 0.15) is 5.69 Å². The summed E-state index contributed by atoms with van der Waals surface area (Å²) in [5.74, 6) is -1.82. The molecule has 1 aromatic rings. The zero-order chi connectivity index (χ0) is 14.2. The molecule has 9 heteroatoms. The maximum Gasteiger partial charge on any atom is 0.302 e. The SMILES string of the molecule is O=C1CC(CS(=O)(=O)F)CN1c1cc(Cl)c[nH]c1=O. The van der Waals surface area contributed by atoms with E-state index in [9.17, 15) is 21.9 Å².